The molecule has 19 heavy (non-hydrogen) atoms. The van der Waals surface area contributed by atoms with Gasteiger partial charge >= 0.3 is 0 Å². The summed E-state index contributed by atoms with van der Waals surface area (Å²) >= 11 is 3.47. The average Bonchev–Trinajstić information content (AvgIpc) is 2.34. The molecule has 0 spiro atoms. The first-order valence-corrected chi connectivity index (χ1v) is 7.55. The van der Waals surface area contributed by atoms with E-state index in [0.717, 1.165) is 30.3 Å². The van der Waals surface area contributed by atoms with Gasteiger partial charge in [-0.2, -0.15) is 0 Å². The molecule has 0 unspecified atom stereocenters. The van der Waals surface area contributed by atoms with Gasteiger partial charge in [0.2, 0.25) is 5.91 Å². The van der Waals surface area contributed by atoms with E-state index in [0.29, 0.717) is 6.54 Å². The Bertz CT molecular complexity index is 469. The number of carbonyl (C=O) groups is 1. The molecular weight excluding hydrogens is 304 g/mol. The van der Waals surface area contributed by atoms with Gasteiger partial charge in [-0.15, -0.1) is 0 Å². The normalized spacial score (nSPS) is 16.8. The lowest BCUT2D eigenvalue weighted by atomic mass is 9.68. The zero-order valence-corrected chi connectivity index (χ0v) is 13.1. The summed E-state index contributed by atoms with van der Waals surface area (Å²) in [6, 6.07) is 6.16. The fraction of sp³-hybridized carbons (Fsp3) is 0.533. The lowest BCUT2D eigenvalue weighted by Gasteiger charge is -2.40. The molecule has 1 fully saturated rings. The summed E-state index contributed by atoms with van der Waals surface area (Å²) in [5.74, 6) is 0.187. The van der Waals surface area contributed by atoms with Crippen LogP contribution in [-0.2, 0) is 11.3 Å². The molecule has 0 bridgehead atoms. The van der Waals surface area contributed by atoms with Gasteiger partial charge in [0, 0.05) is 17.6 Å². The number of amides is 1. The monoisotopic (exact) mass is 324 g/mol. The Morgan fingerprint density at radius 2 is 2.16 bits per heavy atom. The maximum Gasteiger partial charge on any atom is 0.227 e. The predicted octanol–water partition coefficient (Wildman–Crippen LogP) is 2.76. The standard InChI is InChI=1S/C15H21BrN2O/c1-11-4-5-13(16)8-12(11)9-18-14(19)15(10-17-2)6-3-7-15/h4-5,8,17H,3,6-7,9-10H2,1-2H3,(H,18,19). The number of carbonyl (C=O) groups excluding carboxylic acids is 1. The SMILES string of the molecule is CNCC1(C(=O)NCc2cc(Br)ccc2C)CCC1. The van der Waals surface area contributed by atoms with Crippen molar-refractivity contribution in [3.8, 4) is 0 Å². The van der Waals surface area contributed by atoms with Crippen molar-refractivity contribution in [1.82, 2.24) is 10.6 Å². The van der Waals surface area contributed by atoms with E-state index in [9.17, 15) is 4.79 Å². The van der Waals surface area contributed by atoms with E-state index < -0.39 is 0 Å². The van der Waals surface area contributed by atoms with Crippen molar-refractivity contribution in [3.63, 3.8) is 0 Å². The number of hydrogen-bond acceptors (Lipinski definition) is 2. The maximum atomic E-state index is 12.3. The molecular formula is C15H21BrN2O. The quantitative estimate of drug-likeness (QED) is 0.874. The van der Waals surface area contributed by atoms with E-state index in [1.54, 1.807) is 0 Å². The van der Waals surface area contributed by atoms with E-state index in [1.807, 2.05) is 13.1 Å². The molecule has 0 saturated heterocycles. The third kappa shape index (κ3) is 3.18. The average molecular weight is 325 g/mol. The second-order valence-electron chi connectivity index (χ2n) is 5.42. The Hall–Kier alpha value is -0.870. The first-order valence-electron chi connectivity index (χ1n) is 6.75. The second kappa shape index (κ2) is 6.06. The summed E-state index contributed by atoms with van der Waals surface area (Å²) in [6.45, 7) is 3.45. The molecule has 1 aromatic rings. The van der Waals surface area contributed by atoms with Crippen LogP contribution in [0.4, 0.5) is 0 Å². The largest absolute Gasteiger partial charge is 0.351 e. The van der Waals surface area contributed by atoms with E-state index in [4.69, 9.17) is 0 Å². The van der Waals surface area contributed by atoms with Crippen molar-refractivity contribution in [2.45, 2.75) is 32.7 Å². The summed E-state index contributed by atoms with van der Waals surface area (Å²) in [6.07, 6.45) is 3.15. The molecule has 1 aliphatic carbocycles. The van der Waals surface area contributed by atoms with Crippen LogP contribution in [0.3, 0.4) is 0 Å². The van der Waals surface area contributed by atoms with Gasteiger partial charge < -0.3 is 10.6 Å². The highest BCUT2D eigenvalue weighted by Gasteiger charge is 2.43. The molecule has 0 aromatic heterocycles. The van der Waals surface area contributed by atoms with Gasteiger partial charge in [-0.1, -0.05) is 28.4 Å². The Labute approximate surface area is 123 Å². The number of rotatable bonds is 5. The molecule has 0 radical (unpaired) electrons. The third-order valence-corrected chi connectivity index (χ3v) is 4.55. The van der Waals surface area contributed by atoms with Crippen molar-refractivity contribution in [3.05, 3.63) is 33.8 Å². The molecule has 2 N–H and O–H groups in total. The highest BCUT2D eigenvalue weighted by atomic mass is 79.9. The van der Waals surface area contributed by atoms with Crippen LogP contribution in [0.5, 0.6) is 0 Å². The molecule has 0 atom stereocenters. The zero-order valence-electron chi connectivity index (χ0n) is 11.6. The lowest BCUT2D eigenvalue weighted by molar-refractivity contribution is -0.135. The molecule has 1 saturated carbocycles. The third-order valence-electron chi connectivity index (χ3n) is 4.06. The molecule has 2 rings (SSSR count). The smallest absolute Gasteiger partial charge is 0.227 e. The van der Waals surface area contributed by atoms with Gasteiger partial charge in [-0.05, 0) is 50.1 Å². The van der Waals surface area contributed by atoms with Crippen LogP contribution in [0.25, 0.3) is 0 Å². The summed E-state index contributed by atoms with van der Waals surface area (Å²) in [5, 5.41) is 6.24. The summed E-state index contributed by atoms with van der Waals surface area (Å²) in [4.78, 5) is 12.3. The van der Waals surface area contributed by atoms with Crippen LogP contribution >= 0.6 is 15.9 Å². The number of hydrogen-bond donors (Lipinski definition) is 2. The van der Waals surface area contributed by atoms with Crippen LogP contribution in [0.1, 0.15) is 30.4 Å². The minimum absolute atomic E-state index is 0.172. The second-order valence-corrected chi connectivity index (χ2v) is 6.33. The fourth-order valence-corrected chi connectivity index (χ4v) is 3.03. The number of aryl methyl sites for hydroxylation is 1. The molecule has 1 aliphatic rings. The summed E-state index contributed by atoms with van der Waals surface area (Å²) in [7, 11) is 1.91. The molecule has 3 nitrogen and oxygen atoms in total. The van der Waals surface area contributed by atoms with Crippen LogP contribution in [0.2, 0.25) is 0 Å². The Morgan fingerprint density at radius 1 is 1.42 bits per heavy atom. The van der Waals surface area contributed by atoms with Crippen molar-refractivity contribution < 1.29 is 4.79 Å². The van der Waals surface area contributed by atoms with Gasteiger partial charge in [-0.3, -0.25) is 4.79 Å². The summed E-state index contributed by atoms with van der Waals surface area (Å²) < 4.78 is 1.05. The topological polar surface area (TPSA) is 41.1 Å². The predicted molar refractivity (Wildman–Crippen MR) is 80.9 cm³/mol. The molecule has 1 amide bonds. The molecule has 1 aromatic carbocycles. The maximum absolute atomic E-state index is 12.3. The Balaban J connectivity index is 1.98. The Morgan fingerprint density at radius 3 is 2.74 bits per heavy atom. The molecule has 0 aliphatic heterocycles. The van der Waals surface area contributed by atoms with Gasteiger partial charge in [0.25, 0.3) is 0 Å². The Kier molecular flexibility index (Phi) is 4.63. The lowest BCUT2D eigenvalue weighted by Crippen LogP contribution is -2.50. The van der Waals surface area contributed by atoms with Crippen molar-refractivity contribution in [2.75, 3.05) is 13.6 Å². The number of benzene rings is 1. The van der Waals surface area contributed by atoms with Crippen molar-refractivity contribution in [1.29, 1.82) is 0 Å². The first-order chi connectivity index (χ1) is 9.07. The van der Waals surface area contributed by atoms with Crippen LogP contribution in [0, 0.1) is 12.3 Å². The molecule has 4 heteroatoms. The zero-order chi connectivity index (χ0) is 13.9. The van der Waals surface area contributed by atoms with E-state index in [2.05, 4.69) is 45.6 Å². The van der Waals surface area contributed by atoms with E-state index in [1.165, 1.54) is 11.1 Å². The number of halogens is 1. The highest BCUT2D eigenvalue weighted by Crippen LogP contribution is 2.40. The van der Waals surface area contributed by atoms with E-state index in [-0.39, 0.29) is 11.3 Å². The minimum atomic E-state index is -0.172. The van der Waals surface area contributed by atoms with E-state index >= 15 is 0 Å². The van der Waals surface area contributed by atoms with Gasteiger partial charge in [0.1, 0.15) is 0 Å². The van der Waals surface area contributed by atoms with Gasteiger partial charge in [0.15, 0.2) is 0 Å². The van der Waals surface area contributed by atoms with Crippen molar-refractivity contribution >= 4 is 21.8 Å². The van der Waals surface area contributed by atoms with Crippen molar-refractivity contribution in [2.24, 2.45) is 5.41 Å². The van der Waals surface area contributed by atoms with Gasteiger partial charge in [0.05, 0.1) is 5.41 Å². The van der Waals surface area contributed by atoms with Crippen LogP contribution in [0.15, 0.2) is 22.7 Å². The van der Waals surface area contributed by atoms with Crippen LogP contribution < -0.4 is 10.6 Å². The van der Waals surface area contributed by atoms with Crippen LogP contribution in [-0.4, -0.2) is 19.5 Å². The highest BCUT2D eigenvalue weighted by molar-refractivity contribution is 9.10. The first kappa shape index (κ1) is 14.5. The molecule has 0 heterocycles. The fourth-order valence-electron chi connectivity index (χ4n) is 2.62. The number of nitrogens with one attached hydrogen (secondary N) is 2. The summed E-state index contributed by atoms with van der Waals surface area (Å²) in [5.41, 5.74) is 2.20. The molecule has 104 valence electrons. The van der Waals surface area contributed by atoms with Gasteiger partial charge in [-0.25, -0.2) is 0 Å². The minimum Gasteiger partial charge on any atom is -0.351 e.